The Bertz CT molecular complexity index is 84.1. The van der Waals surface area contributed by atoms with E-state index in [4.69, 9.17) is 11.6 Å². The van der Waals surface area contributed by atoms with Crippen LogP contribution in [0, 0.1) is 23.6 Å². The zero-order chi connectivity index (χ0) is 5.70. The Morgan fingerprint density at radius 1 is 1.57 bits per heavy atom. The Hall–Kier alpha value is -0.150. The molecule has 0 aromatic rings. The van der Waals surface area contributed by atoms with Crippen LogP contribution >= 0.6 is 11.6 Å². The molecular formula is C6H8Cl. The molecule has 0 atom stereocenters. The highest BCUT2D eigenvalue weighted by Gasteiger charge is 1.85. The maximum Gasteiger partial charge on any atom is 0.0379 e. The number of hydrogen-bond donors (Lipinski definition) is 0. The smallest absolute Gasteiger partial charge is 0.0379 e. The average molecular weight is 116 g/mol. The van der Waals surface area contributed by atoms with Crippen LogP contribution in [0.3, 0.4) is 0 Å². The van der Waals surface area contributed by atoms with Gasteiger partial charge in [-0.2, -0.15) is 0 Å². The zero-order valence-corrected chi connectivity index (χ0v) is 5.29. The molecule has 0 bridgehead atoms. The van der Waals surface area contributed by atoms with Gasteiger partial charge < -0.3 is 0 Å². The molecule has 0 aliphatic heterocycles. The predicted octanol–water partition coefficient (Wildman–Crippen LogP) is 2.05. The SMILES string of the molecule is CC(C)[CH]C#CCl. The predicted molar refractivity (Wildman–Crippen MR) is 32.8 cm³/mol. The minimum Gasteiger partial charge on any atom is -0.0809 e. The summed E-state index contributed by atoms with van der Waals surface area (Å²) in [6.07, 6.45) is 1.85. The number of rotatable bonds is 1. The molecule has 0 saturated heterocycles. The standard InChI is InChI=1S/C6H8Cl/c1-6(2)4-3-5-7/h4,6H,1-2H3. The van der Waals surface area contributed by atoms with Crippen LogP contribution in [0.4, 0.5) is 0 Å². The van der Waals surface area contributed by atoms with Crippen LogP contribution in [0.5, 0.6) is 0 Å². The van der Waals surface area contributed by atoms with E-state index in [9.17, 15) is 0 Å². The minimum absolute atomic E-state index is 0.520. The van der Waals surface area contributed by atoms with Crippen LogP contribution in [0.2, 0.25) is 0 Å². The monoisotopic (exact) mass is 115 g/mol. The lowest BCUT2D eigenvalue weighted by Crippen LogP contribution is -1.81. The highest BCUT2D eigenvalue weighted by molar-refractivity contribution is 6.30. The van der Waals surface area contributed by atoms with Gasteiger partial charge >= 0.3 is 0 Å². The van der Waals surface area contributed by atoms with Crippen LogP contribution in [0.1, 0.15) is 13.8 Å². The molecule has 0 rings (SSSR count). The molecule has 1 radical (unpaired) electrons. The van der Waals surface area contributed by atoms with Gasteiger partial charge in [0.25, 0.3) is 0 Å². The van der Waals surface area contributed by atoms with E-state index in [0.717, 1.165) is 0 Å². The molecule has 0 saturated carbocycles. The molecule has 0 nitrogen and oxygen atoms in total. The molecule has 0 aromatic carbocycles. The van der Waals surface area contributed by atoms with Gasteiger partial charge in [-0.05, 0) is 17.5 Å². The van der Waals surface area contributed by atoms with E-state index in [1.54, 1.807) is 0 Å². The van der Waals surface area contributed by atoms with Crippen LogP contribution < -0.4 is 0 Å². The average Bonchev–Trinajstić information content (AvgIpc) is 1.61. The summed E-state index contributed by atoms with van der Waals surface area (Å²) in [7, 11) is 0. The summed E-state index contributed by atoms with van der Waals surface area (Å²) >= 11 is 5.05. The lowest BCUT2D eigenvalue weighted by atomic mass is 10.1. The summed E-state index contributed by atoms with van der Waals surface area (Å²) in [6.45, 7) is 4.11. The van der Waals surface area contributed by atoms with Gasteiger partial charge in [-0.1, -0.05) is 19.8 Å². The van der Waals surface area contributed by atoms with Crippen molar-refractivity contribution in [3.63, 3.8) is 0 Å². The summed E-state index contributed by atoms with van der Waals surface area (Å²) in [4.78, 5) is 0. The highest BCUT2D eigenvalue weighted by atomic mass is 35.5. The molecular weight excluding hydrogens is 108 g/mol. The van der Waals surface area contributed by atoms with E-state index in [1.807, 2.05) is 6.42 Å². The van der Waals surface area contributed by atoms with Crippen LogP contribution in [0.15, 0.2) is 0 Å². The molecule has 0 aromatic heterocycles. The lowest BCUT2D eigenvalue weighted by Gasteiger charge is -1.89. The van der Waals surface area contributed by atoms with Crippen molar-refractivity contribution in [2.75, 3.05) is 0 Å². The Kier molecular flexibility index (Phi) is 3.93. The Morgan fingerprint density at radius 3 is 2.29 bits per heavy atom. The summed E-state index contributed by atoms with van der Waals surface area (Å²) in [6, 6.07) is 0. The summed E-state index contributed by atoms with van der Waals surface area (Å²) in [5.74, 6) is 3.16. The minimum atomic E-state index is 0.520. The fraction of sp³-hybridized carbons (Fsp3) is 0.500. The number of halogens is 1. The molecule has 0 fully saturated rings. The molecule has 0 aliphatic rings. The third kappa shape index (κ3) is 5.85. The number of hydrogen-bond acceptors (Lipinski definition) is 0. The first-order chi connectivity index (χ1) is 3.27. The molecule has 7 heavy (non-hydrogen) atoms. The molecule has 0 heterocycles. The quantitative estimate of drug-likeness (QED) is 0.459. The van der Waals surface area contributed by atoms with Crippen molar-refractivity contribution in [2.45, 2.75) is 13.8 Å². The maximum absolute atomic E-state index is 5.05. The van der Waals surface area contributed by atoms with Crippen LogP contribution in [-0.4, -0.2) is 0 Å². The Balaban J connectivity index is 3.08. The van der Waals surface area contributed by atoms with Crippen molar-refractivity contribution in [3.8, 4) is 11.3 Å². The highest BCUT2D eigenvalue weighted by Crippen LogP contribution is 1.93. The van der Waals surface area contributed by atoms with Gasteiger partial charge in [0.15, 0.2) is 0 Å². The second-order valence-corrected chi connectivity index (χ2v) is 1.84. The second kappa shape index (κ2) is 4.02. The van der Waals surface area contributed by atoms with Crippen molar-refractivity contribution >= 4 is 11.6 Å². The molecule has 0 aliphatic carbocycles. The second-order valence-electron chi connectivity index (χ2n) is 1.65. The molecule has 39 valence electrons. The third-order valence-electron chi connectivity index (χ3n) is 0.471. The molecule has 0 amide bonds. The van der Waals surface area contributed by atoms with Gasteiger partial charge in [-0.3, -0.25) is 0 Å². The fourth-order valence-corrected chi connectivity index (χ4v) is 0.261. The van der Waals surface area contributed by atoms with Gasteiger partial charge in [0.1, 0.15) is 0 Å². The van der Waals surface area contributed by atoms with Gasteiger partial charge in [0.05, 0.1) is 0 Å². The summed E-state index contributed by atoms with van der Waals surface area (Å²) in [5, 5.41) is 2.27. The van der Waals surface area contributed by atoms with Crippen molar-refractivity contribution in [3.05, 3.63) is 6.42 Å². The van der Waals surface area contributed by atoms with E-state index in [-0.39, 0.29) is 0 Å². The van der Waals surface area contributed by atoms with Crippen molar-refractivity contribution in [1.82, 2.24) is 0 Å². The molecule has 0 unspecified atom stereocenters. The van der Waals surface area contributed by atoms with Gasteiger partial charge in [0.2, 0.25) is 0 Å². The van der Waals surface area contributed by atoms with Crippen LogP contribution in [-0.2, 0) is 0 Å². The van der Waals surface area contributed by atoms with Gasteiger partial charge in [-0.25, -0.2) is 0 Å². The Labute approximate surface area is 49.9 Å². The first-order valence-electron chi connectivity index (χ1n) is 2.22. The lowest BCUT2D eigenvalue weighted by molar-refractivity contribution is 0.793. The van der Waals surface area contributed by atoms with E-state index in [2.05, 4.69) is 25.1 Å². The fourth-order valence-electron chi connectivity index (χ4n) is 0.198. The first-order valence-corrected chi connectivity index (χ1v) is 2.59. The van der Waals surface area contributed by atoms with Crippen molar-refractivity contribution < 1.29 is 0 Å². The largest absolute Gasteiger partial charge is 0.0809 e. The molecule has 0 N–H and O–H groups in total. The molecule has 0 spiro atoms. The van der Waals surface area contributed by atoms with Gasteiger partial charge in [0, 0.05) is 11.8 Å². The van der Waals surface area contributed by atoms with Crippen molar-refractivity contribution in [1.29, 1.82) is 0 Å². The van der Waals surface area contributed by atoms with Crippen LogP contribution in [0.25, 0.3) is 0 Å². The van der Waals surface area contributed by atoms with Gasteiger partial charge in [-0.15, -0.1) is 0 Å². The maximum atomic E-state index is 5.05. The first kappa shape index (κ1) is 6.85. The summed E-state index contributed by atoms with van der Waals surface area (Å²) < 4.78 is 0. The normalized spacial score (nSPS) is 8.00. The van der Waals surface area contributed by atoms with E-state index < -0.39 is 0 Å². The summed E-state index contributed by atoms with van der Waals surface area (Å²) in [5.41, 5.74) is 0. The zero-order valence-electron chi connectivity index (χ0n) is 4.53. The third-order valence-corrected chi connectivity index (χ3v) is 0.580. The van der Waals surface area contributed by atoms with E-state index >= 15 is 0 Å². The molecule has 1 heteroatoms. The van der Waals surface area contributed by atoms with Crippen molar-refractivity contribution in [2.24, 2.45) is 5.92 Å². The van der Waals surface area contributed by atoms with E-state index in [1.165, 1.54) is 0 Å². The Morgan fingerprint density at radius 2 is 2.14 bits per heavy atom. The topological polar surface area (TPSA) is 0 Å². The van der Waals surface area contributed by atoms with E-state index in [0.29, 0.717) is 5.92 Å².